The maximum absolute atomic E-state index is 5.88. The van der Waals surface area contributed by atoms with Gasteiger partial charge in [0.25, 0.3) is 0 Å². The Balaban J connectivity index is 1.59. The minimum Gasteiger partial charge on any atom is -0.491 e. The average Bonchev–Trinajstić information content (AvgIpc) is 3.48. The molecule has 5 rings (SSSR count). The fourth-order valence-electron chi connectivity index (χ4n) is 4.90. The molecule has 6 heteroatoms. The van der Waals surface area contributed by atoms with E-state index in [2.05, 4.69) is 57.9 Å². The van der Waals surface area contributed by atoms with Gasteiger partial charge >= 0.3 is 0 Å². The van der Waals surface area contributed by atoms with Crippen molar-refractivity contribution in [2.75, 3.05) is 4.90 Å². The molecule has 1 aliphatic heterocycles. The Kier molecular flexibility index (Phi) is 5.41. The van der Waals surface area contributed by atoms with Gasteiger partial charge in [-0.1, -0.05) is 6.07 Å². The number of ether oxygens (including phenoxy) is 1. The van der Waals surface area contributed by atoms with Crippen LogP contribution in [0.2, 0.25) is 0 Å². The van der Waals surface area contributed by atoms with E-state index >= 15 is 0 Å². The highest BCUT2D eigenvalue weighted by molar-refractivity contribution is 7.80. The van der Waals surface area contributed by atoms with Gasteiger partial charge in [0.15, 0.2) is 5.11 Å². The summed E-state index contributed by atoms with van der Waals surface area (Å²) in [4.78, 5) is 6.92. The summed E-state index contributed by atoms with van der Waals surface area (Å²) in [6, 6.07) is 17.3. The van der Waals surface area contributed by atoms with Crippen LogP contribution in [0.3, 0.4) is 0 Å². The summed E-state index contributed by atoms with van der Waals surface area (Å²) in [5.41, 5.74) is 6.00. The van der Waals surface area contributed by atoms with Crippen LogP contribution >= 0.6 is 12.2 Å². The van der Waals surface area contributed by atoms with Gasteiger partial charge in [-0.05, 0) is 101 Å². The molecule has 0 spiro atoms. The van der Waals surface area contributed by atoms with Crippen molar-refractivity contribution in [1.29, 1.82) is 0 Å². The highest BCUT2D eigenvalue weighted by Crippen LogP contribution is 2.46. The third-order valence-corrected chi connectivity index (χ3v) is 6.65. The highest BCUT2D eigenvalue weighted by Gasteiger charge is 2.43. The van der Waals surface area contributed by atoms with Crippen LogP contribution in [0.5, 0.6) is 5.75 Å². The van der Waals surface area contributed by atoms with E-state index in [0.717, 1.165) is 22.2 Å². The third-order valence-electron chi connectivity index (χ3n) is 6.34. The van der Waals surface area contributed by atoms with Gasteiger partial charge in [0.1, 0.15) is 5.75 Å². The molecule has 5 nitrogen and oxygen atoms in total. The predicted octanol–water partition coefficient (Wildman–Crippen LogP) is 5.80. The van der Waals surface area contributed by atoms with Crippen molar-refractivity contribution < 1.29 is 4.74 Å². The number of hydrogen-bond donors (Lipinski definition) is 1. The van der Waals surface area contributed by atoms with Crippen molar-refractivity contribution >= 4 is 23.0 Å². The Labute approximate surface area is 195 Å². The Bertz CT molecular complexity index is 1120. The molecule has 1 aromatic carbocycles. The number of rotatable bonds is 6. The maximum atomic E-state index is 5.88. The summed E-state index contributed by atoms with van der Waals surface area (Å²) in [6.07, 6.45) is 4.53. The second-order valence-corrected chi connectivity index (χ2v) is 9.47. The van der Waals surface area contributed by atoms with Crippen LogP contribution in [0.4, 0.5) is 5.69 Å². The largest absolute Gasteiger partial charge is 0.491 e. The van der Waals surface area contributed by atoms with E-state index in [-0.39, 0.29) is 18.2 Å². The van der Waals surface area contributed by atoms with Crippen molar-refractivity contribution in [3.8, 4) is 5.75 Å². The van der Waals surface area contributed by atoms with Gasteiger partial charge in [-0.2, -0.15) is 0 Å². The molecule has 2 atom stereocenters. The van der Waals surface area contributed by atoms with Crippen LogP contribution in [0.15, 0.2) is 54.7 Å². The summed E-state index contributed by atoms with van der Waals surface area (Å²) in [5.74, 6) is 0.867. The summed E-state index contributed by atoms with van der Waals surface area (Å²) in [7, 11) is 0. The first-order valence-electron chi connectivity index (χ1n) is 11.4. The molecule has 0 unspecified atom stereocenters. The summed E-state index contributed by atoms with van der Waals surface area (Å²) in [6.45, 7) is 8.54. The first-order valence-corrected chi connectivity index (χ1v) is 11.8. The van der Waals surface area contributed by atoms with Gasteiger partial charge in [-0.15, -0.1) is 0 Å². The van der Waals surface area contributed by atoms with Crippen LogP contribution < -0.4 is 15.0 Å². The summed E-state index contributed by atoms with van der Waals surface area (Å²) >= 11 is 5.88. The molecule has 2 aromatic heterocycles. The number of nitrogens with zero attached hydrogens (tertiary/aromatic N) is 3. The number of hydrogen-bond acceptors (Lipinski definition) is 3. The van der Waals surface area contributed by atoms with E-state index in [0.29, 0.717) is 6.04 Å². The molecule has 1 aliphatic carbocycles. The first-order chi connectivity index (χ1) is 15.4. The Morgan fingerprint density at radius 2 is 1.84 bits per heavy atom. The number of benzene rings is 1. The molecule has 0 bridgehead atoms. The second kappa shape index (κ2) is 8.24. The van der Waals surface area contributed by atoms with Crippen LogP contribution in [0, 0.1) is 13.8 Å². The standard InChI is InChI=1S/C26H30N4OS/c1-16(2)31-21-12-10-20(11-13-21)30-25(22-15-17(3)29(18(22)4)19-8-9-19)24(28-26(30)32)23-7-5-6-14-27-23/h5-7,10-16,19,24-25H,8-9H2,1-4H3,(H,28,32)/t24-,25+/m1/s1. The highest BCUT2D eigenvalue weighted by atomic mass is 32.1. The Morgan fingerprint density at radius 3 is 2.47 bits per heavy atom. The Hall–Kier alpha value is -2.86. The van der Waals surface area contributed by atoms with Crippen LogP contribution in [-0.4, -0.2) is 20.8 Å². The fourth-order valence-corrected chi connectivity index (χ4v) is 5.25. The molecule has 166 valence electrons. The van der Waals surface area contributed by atoms with E-state index in [1.807, 2.05) is 44.3 Å². The van der Waals surface area contributed by atoms with Gasteiger partial charge in [-0.25, -0.2) is 0 Å². The minimum absolute atomic E-state index is 0.0213. The smallest absolute Gasteiger partial charge is 0.174 e. The van der Waals surface area contributed by atoms with Crippen molar-refractivity contribution in [3.05, 3.63) is 77.4 Å². The lowest BCUT2D eigenvalue weighted by atomic mass is 9.96. The molecule has 1 N–H and O–H groups in total. The number of nitrogens with one attached hydrogen (secondary N) is 1. The third kappa shape index (κ3) is 3.77. The minimum atomic E-state index is -0.0246. The zero-order valence-electron chi connectivity index (χ0n) is 19.1. The van der Waals surface area contributed by atoms with E-state index in [1.54, 1.807) is 0 Å². The van der Waals surface area contributed by atoms with Crippen molar-refractivity contribution in [2.45, 2.75) is 64.8 Å². The van der Waals surface area contributed by atoms with Gasteiger partial charge < -0.3 is 19.5 Å². The molecular formula is C26H30N4OS. The van der Waals surface area contributed by atoms with Crippen LogP contribution in [0.1, 0.15) is 67.5 Å². The van der Waals surface area contributed by atoms with E-state index in [9.17, 15) is 0 Å². The average molecular weight is 447 g/mol. The summed E-state index contributed by atoms with van der Waals surface area (Å²) < 4.78 is 8.36. The SMILES string of the molecule is Cc1cc([C@H]2[C@@H](c3ccccn3)NC(=S)N2c2ccc(OC(C)C)cc2)c(C)n1C1CC1. The molecule has 32 heavy (non-hydrogen) atoms. The number of aryl methyl sites for hydroxylation is 1. The fraction of sp³-hybridized carbons (Fsp3) is 0.385. The molecule has 2 aliphatic rings. The van der Waals surface area contributed by atoms with Gasteiger partial charge in [0, 0.05) is 29.3 Å². The number of pyridine rings is 1. The normalized spacial score (nSPS) is 20.7. The number of thiocarbonyl (C=S) groups is 1. The molecule has 0 radical (unpaired) electrons. The monoisotopic (exact) mass is 446 g/mol. The van der Waals surface area contributed by atoms with E-state index in [4.69, 9.17) is 17.0 Å². The lowest BCUT2D eigenvalue weighted by Crippen LogP contribution is -2.29. The Morgan fingerprint density at radius 1 is 1.09 bits per heavy atom. The zero-order chi connectivity index (χ0) is 22.4. The molecule has 1 saturated carbocycles. The lowest BCUT2D eigenvalue weighted by molar-refractivity contribution is 0.242. The zero-order valence-corrected chi connectivity index (χ0v) is 19.9. The van der Waals surface area contributed by atoms with Gasteiger partial charge in [0.2, 0.25) is 0 Å². The van der Waals surface area contributed by atoms with Crippen molar-refractivity contribution in [1.82, 2.24) is 14.9 Å². The van der Waals surface area contributed by atoms with Gasteiger partial charge in [0.05, 0.1) is 23.9 Å². The number of aromatic nitrogens is 2. The van der Waals surface area contributed by atoms with Crippen LogP contribution in [0.25, 0.3) is 0 Å². The number of anilines is 1. The van der Waals surface area contributed by atoms with E-state index in [1.165, 1.54) is 29.8 Å². The molecule has 2 fully saturated rings. The predicted molar refractivity (Wildman–Crippen MR) is 132 cm³/mol. The molecular weight excluding hydrogens is 416 g/mol. The van der Waals surface area contributed by atoms with E-state index < -0.39 is 0 Å². The molecule has 3 aromatic rings. The molecule has 3 heterocycles. The molecule has 0 amide bonds. The molecule has 1 saturated heterocycles. The maximum Gasteiger partial charge on any atom is 0.174 e. The van der Waals surface area contributed by atoms with Crippen molar-refractivity contribution in [2.24, 2.45) is 0 Å². The van der Waals surface area contributed by atoms with Crippen LogP contribution in [-0.2, 0) is 0 Å². The lowest BCUT2D eigenvalue weighted by Gasteiger charge is -2.28. The second-order valence-electron chi connectivity index (χ2n) is 9.08. The first kappa shape index (κ1) is 21.0. The quantitative estimate of drug-likeness (QED) is 0.485. The summed E-state index contributed by atoms with van der Waals surface area (Å²) in [5, 5.41) is 4.29. The topological polar surface area (TPSA) is 42.3 Å². The van der Waals surface area contributed by atoms with Crippen molar-refractivity contribution in [3.63, 3.8) is 0 Å². The van der Waals surface area contributed by atoms with Gasteiger partial charge in [-0.3, -0.25) is 4.98 Å².